The highest BCUT2D eigenvalue weighted by atomic mass is 35.5. The summed E-state index contributed by atoms with van der Waals surface area (Å²) in [6.45, 7) is 9.85. The molecule has 6 heteroatoms. The van der Waals surface area contributed by atoms with Crippen molar-refractivity contribution in [3.63, 3.8) is 0 Å². The minimum absolute atomic E-state index is 0.0150. The van der Waals surface area contributed by atoms with Gasteiger partial charge in [-0.1, -0.05) is 49.7 Å². The third-order valence-corrected chi connectivity index (χ3v) is 4.98. The first kappa shape index (κ1) is 23.7. The number of amides is 2. The maximum absolute atomic E-state index is 13.0. The first-order chi connectivity index (χ1) is 14.2. The zero-order chi connectivity index (χ0) is 22.3. The number of nitrogens with zero attached hydrogens (tertiary/aromatic N) is 1. The van der Waals surface area contributed by atoms with Crippen molar-refractivity contribution in [1.82, 2.24) is 10.2 Å². The number of hydrogen-bond donors (Lipinski definition) is 1. The Morgan fingerprint density at radius 1 is 1.03 bits per heavy atom. The van der Waals surface area contributed by atoms with Crippen molar-refractivity contribution in [1.29, 1.82) is 0 Å². The van der Waals surface area contributed by atoms with Crippen molar-refractivity contribution in [2.24, 2.45) is 0 Å². The highest BCUT2D eigenvalue weighted by Gasteiger charge is 2.27. The van der Waals surface area contributed by atoms with Gasteiger partial charge in [-0.3, -0.25) is 9.59 Å². The summed E-state index contributed by atoms with van der Waals surface area (Å²) in [4.78, 5) is 27.1. The summed E-state index contributed by atoms with van der Waals surface area (Å²) in [7, 11) is 0. The van der Waals surface area contributed by atoms with E-state index in [1.165, 1.54) is 10.5 Å². The van der Waals surface area contributed by atoms with Gasteiger partial charge in [-0.15, -0.1) is 0 Å². The molecule has 0 saturated heterocycles. The number of rotatable bonds is 9. The smallest absolute Gasteiger partial charge is 0.261 e. The van der Waals surface area contributed by atoms with E-state index in [9.17, 15) is 9.59 Å². The second kappa shape index (κ2) is 11.0. The fraction of sp³-hybridized carbons (Fsp3) is 0.417. The molecule has 5 nitrogen and oxygen atoms in total. The summed E-state index contributed by atoms with van der Waals surface area (Å²) in [5.41, 5.74) is 2.05. The Morgan fingerprint density at radius 3 is 2.27 bits per heavy atom. The molecule has 1 atom stereocenters. The third-order valence-electron chi connectivity index (χ3n) is 4.75. The van der Waals surface area contributed by atoms with Crippen LogP contribution in [-0.2, 0) is 16.1 Å². The van der Waals surface area contributed by atoms with Crippen molar-refractivity contribution in [2.45, 2.75) is 59.2 Å². The Balaban J connectivity index is 2.13. The molecular formula is C24H31ClN2O3. The Labute approximate surface area is 184 Å². The van der Waals surface area contributed by atoms with Crippen LogP contribution >= 0.6 is 11.6 Å². The van der Waals surface area contributed by atoms with E-state index in [2.05, 4.69) is 19.2 Å². The highest BCUT2D eigenvalue weighted by Crippen LogP contribution is 2.19. The quantitative estimate of drug-likeness (QED) is 0.622. The van der Waals surface area contributed by atoms with Crippen LogP contribution in [0.25, 0.3) is 0 Å². The Bertz CT molecular complexity index is 850. The van der Waals surface area contributed by atoms with Gasteiger partial charge in [0.25, 0.3) is 5.91 Å². The predicted octanol–water partition coefficient (Wildman–Crippen LogP) is 4.78. The van der Waals surface area contributed by atoms with Gasteiger partial charge >= 0.3 is 0 Å². The van der Waals surface area contributed by atoms with Crippen LogP contribution in [0.15, 0.2) is 48.5 Å². The monoisotopic (exact) mass is 430 g/mol. The van der Waals surface area contributed by atoms with Gasteiger partial charge in [0.1, 0.15) is 11.8 Å². The second-order valence-electron chi connectivity index (χ2n) is 8.00. The Morgan fingerprint density at radius 2 is 1.70 bits per heavy atom. The van der Waals surface area contributed by atoms with Gasteiger partial charge in [0.15, 0.2) is 6.61 Å². The molecule has 0 heterocycles. The van der Waals surface area contributed by atoms with Crippen LogP contribution in [0.3, 0.4) is 0 Å². The number of benzene rings is 2. The standard InChI is InChI=1S/C24H31ClN2O3/c1-16(2)20-9-11-22(12-10-20)30-15-23(28)27(18(5)24(29)26-17(3)4)14-19-7-6-8-21(25)13-19/h6-13,16-18H,14-15H2,1-5H3,(H,26,29)/t18-/m1/s1. The van der Waals surface area contributed by atoms with E-state index < -0.39 is 6.04 Å². The molecule has 0 aromatic heterocycles. The summed E-state index contributed by atoms with van der Waals surface area (Å²) in [6, 6.07) is 14.3. The van der Waals surface area contributed by atoms with Crippen molar-refractivity contribution in [3.05, 3.63) is 64.7 Å². The molecular weight excluding hydrogens is 400 g/mol. The number of hydrogen-bond acceptors (Lipinski definition) is 3. The van der Waals surface area contributed by atoms with Crippen LogP contribution in [0.4, 0.5) is 0 Å². The van der Waals surface area contributed by atoms with Gasteiger partial charge in [-0.25, -0.2) is 0 Å². The molecule has 0 bridgehead atoms. The molecule has 2 rings (SSSR count). The van der Waals surface area contributed by atoms with Crippen molar-refractivity contribution in [3.8, 4) is 5.75 Å². The van der Waals surface area contributed by atoms with E-state index in [0.717, 1.165) is 5.56 Å². The van der Waals surface area contributed by atoms with Gasteiger partial charge in [-0.05, 0) is 62.1 Å². The van der Waals surface area contributed by atoms with Crippen LogP contribution < -0.4 is 10.1 Å². The molecule has 0 saturated carbocycles. The Kier molecular flexibility index (Phi) is 8.72. The molecule has 2 amide bonds. The zero-order valence-electron chi connectivity index (χ0n) is 18.3. The fourth-order valence-electron chi connectivity index (χ4n) is 3.00. The second-order valence-corrected chi connectivity index (χ2v) is 8.44. The molecule has 162 valence electrons. The molecule has 30 heavy (non-hydrogen) atoms. The number of ether oxygens (including phenoxy) is 1. The van der Waals surface area contributed by atoms with Crippen LogP contribution in [-0.4, -0.2) is 35.4 Å². The normalized spacial score (nSPS) is 12.0. The van der Waals surface area contributed by atoms with Gasteiger partial charge < -0.3 is 15.0 Å². The lowest BCUT2D eigenvalue weighted by atomic mass is 10.0. The summed E-state index contributed by atoms with van der Waals surface area (Å²) < 4.78 is 5.71. The summed E-state index contributed by atoms with van der Waals surface area (Å²) in [5.74, 6) is 0.569. The first-order valence-corrected chi connectivity index (χ1v) is 10.6. The van der Waals surface area contributed by atoms with Gasteiger partial charge in [0, 0.05) is 17.6 Å². The minimum atomic E-state index is -0.647. The molecule has 0 aliphatic carbocycles. The van der Waals surface area contributed by atoms with Crippen LogP contribution in [0.2, 0.25) is 5.02 Å². The number of halogens is 1. The lowest BCUT2D eigenvalue weighted by molar-refractivity contribution is -0.142. The minimum Gasteiger partial charge on any atom is -0.484 e. The van der Waals surface area contributed by atoms with E-state index >= 15 is 0 Å². The zero-order valence-corrected chi connectivity index (χ0v) is 19.1. The molecule has 2 aromatic rings. The molecule has 0 fully saturated rings. The molecule has 0 unspecified atom stereocenters. The van der Waals surface area contributed by atoms with Gasteiger partial charge in [0.2, 0.25) is 5.91 Å². The van der Waals surface area contributed by atoms with Crippen molar-refractivity contribution in [2.75, 3.05) is 6.61 Å². The molecule has 2 aromatic carbocycles. The summed E-state index contributed by atoms with van der Waals surface area (Å²) in [5, 5.41) is 3.45. The van der Waals surface area contributed by atoms with Crippen molar-refractivity contribution < 1.29 is 14.3 Å². The van der Waals surface area contributed by atoms with E-state index in [1.54, 1.807) is 19.1 Å². The third kappa shape index (κ3) is 7.06. The van der Waals surface area contributed by atoms with E-state index in [1.807, 2.05) is 50.2 Å². The average Bonchev–Trinajstić information content (AvgIpc) is 2.69. The maximum atomic E-state index is 13.0. The topological polar surface area (TPSA) is 58.6 Å². The fourth-order valence-corrected chi connectivity index (χ4v) is 3.21. The molecule has 0 radical (unpaired) electrons. The number of nitrogens with one attached hydrogen (secondary N) is 1. The molecule has 0 spiro atoms. The lowest BCUT2D eigenvalue weighted by Crippen LogP contribution is -2.50. The van der Waals surface area contributed by atoms with Crippen molar-refractivity contribution >= 4 is 23.4 Å². The SMILES string of the molecule is CC(C)NC(=O)[C@@H](C)N(Cc1cccc(Cl)c1)C(=O)COc1ccc(C(C)C)cc1. The number of carbonyl (C=O) groups excluding carboxylic acids is 2. The lowest BCUT2D eigenvalue weighted by Gasteiger charge is -2.29. The molecule has 0 aliphatic rings. The van der Waals surface area contributed by atoms with E-state index in [4.69, 9.17) is 16.3 Å². The largest absolute Gasteiger partial charge is 0.484 e. The van der Waals surface area contributed by atoms with E-state index in [0.29, 0.717) is 16.7 Å². The first-order valence-electron chi connectivity index (χ1n) is 10.2. The highest BCUT2D eigenvalue weighted by molar-refractivity contribution is 6.30. The average molecular weight is 431 g/mol. The Hall–Kier alpha value is -2.53. The van der Waals surface area contributed by atoms with Gasteiger partial charge in [0.05, 0.1) is 0 Å². The predicted molar refractivity (Wildman–Crippen MR) is 121 cm³/mol. The maximum Gasteiger partial charge on any atom is 0.261 e. The summed E-state index contributed by atoms with van der Waals surface area (Å²) >= 11 is 6.09. The number of carbonyl (C=O) groups is 2. The van der Waals surface area contributed by atoms with E-state index in [-0.39, 0.29) is 31.0 Å². The molecule has 0 aliphatic heterocycles. The molecule has 1 N–H and O–H groups in total. The van der Waals surface area contributed by atoms with Crippen LogP contribution in [0, 0.1) is 0 Å². The van der Waals surface area contributed by atoms with Crippen LogP contribution in [0.1, 0.15) is 51.7 Å². The van der Waals surface area contributed by atoms with Crippen LogP contribution in [0.5, 0.6) is 5.75 Å². The summed E-state index contributed by atoms with van der Waals surface area (Å²) in [6.07, 6.45) is 0. The van der Waals surface area contributed by atoms with Gasteiger partial charge in [-0.2, -0.15) is 0 Å².